The molecule has 1 atom stereocenters. The number of amides is 1. The minimum atomic E-state index is -0.541. The van der Waals surface area contributed by atoms with Crippen LogP contribution in [-0.4, -0.2) is 37.8 Å². The molecule has 2 aromatic carbocycles. The largest absolute Gasteiger partial charge is 0.507 e. The van der Waals surface area contributed by atoms with Crippen LogP contribution in [0.2, 0.25) is 0 Å². The van der Waals surface area contributed by atoms with Gasteiger partial charge in [0, 0.05) is 11.1 Å². The van der Waals surface area contributed by atoms with Crippen LogP contribution in [0, 0.1) is 13.8 Å². The van der Waals surface area contributed by atoms with Gasteiger partial charge in [0.1, 0.15) is 22.9 Å². The van der Waals surface area contributed by atoms with Gasteiger partial charge in [0.25, 0.3) is 5.91 Å². The van der Waals surface area contributed by atoms with Crippen molar-refractivity contribution in [1.82, 2.24) is 15.1 Å². The van der Waals surface area contributed by atoms with Crippen LogP contribution in [0.3, 0.4) is 0 Å². The maximum absolute atomic E-state index is 13.5. The van der Waals surface area contributed by atoms with Gasteiger partial charge in [-0.15, -0.1) is 0 Å². The minimum absolute atomic E-state index is 0.0205. The number of benzene rings is 2. The van der Waals surface area contributed by atoms with Gasteiger partial charge in [-0.25, -0.2) is 0 Å². The second-order valence-electron chi connectivity index (χ2n) is 8.41. The maximum Gasteiger partial charge on any atom is 0.273 e. The topological polar surface area (TPSA) is 112 Å². The first-order valence-corrected chi connectivity index (χ1v) is 11.1. The second-order valence-corrected chi connectivity index (χ2v) is 8.41. The Labute approximate surface area is 196 Å². The van der Waals surface area contributed by atoms with E-state index in [0.717, 1.165) is 16.7 Å². The summed E-state index contributed by atoms with van der Waals surface area (Å²) in [6.07, 6.45) is 1.57. The van der Waals surface area contributed by atoms with Gasteiger partial charge in [-0.1, -0.05) is 12.1 Å². The molecular weight excluding hydrogens is 434 g/mol. The van der Waals surface area contributed by atoms with Crippen LogP contribution >= 0.6 is 0 Å². The van der Waals surface area contributed by atoms with Crippen molar-refractivity contribution < 1.29 is 24.2 Å². The lowest BCUT2D eigenvalue weighted by Crippen LogP contribution is -2.29. The van der Waals surface area contributed by atoms with E-state index in [0.29, 0.717) is 40.6 Å². The van der Waals surface area contributed by atoms with E-state index in [1.165, 1.54) is 0 Å². The summed E-state index contributed by atoms with van der Waals surface area (Å²) in [7, 11) is 0. The summed E-state index contributed by atoms with van der Waals surface area (Å²) >= 11 is 0. The Bertz CT molecular complexity index is 1350. The average molecular weight is 460 g/mol. The predicted molar refractivity (Wildman–Crippen MR) is 125 cm³/mol. The van der Waals surface area contributed by atoms with Crippen LogP contribution in [-0.2, 0) is 6.54 Å². The summed E-state index contributed by atoms with van der Waals surface area (Å²) in [6.45, 7) is 6.28. The molecule has 8 nitrogen and oxygen atoms in total. The van der Waals surface area contributed by atoms with E-state index in [9.17, 15) is 15.0 Å². The predicted octanol–water partition coefficient (Wildman–Crippen LogP) is 4.84. The molecule has 0 aliphatic carbocycles. The first-order valence-electron chi connectivity index (χ1n) is 11.1. The number of hydrogen-bond acceptors (Lipinski definition) is 6. The standard InChI is InChI=1S/C26H25N3O5/c1-4-33-20-12-16(7-8-18(20)30)25-22-23(21-15(3)10-14(2)11-19(21)31)27-28-24(22)26(32)29(25)13-17-6-5-9-34-17/h5-12,25,30-31H,4,13H2,1-3H3,(H,27,28). The van der Waals surface area contributed by atoms with Crippen LogP contribution in [0.5, 0.6) is 17.2 Å². The van der Waals surface area contributed by atoms with E-state index in [1.54, 1.807) is 41.5 Å². The molecule has 4 aromatic rings. The van der Waals surface area contributed by atoms with Crippen molar-refractivity contribution in [3.8, 4) is 28.5 Å². The van der Waals surface area contributed by atoms with Crippen molar-refractivity contribution >= 4 is 5.91 Å². The lowest BCUT2D eigenvalue weighted by atomic mass is 9.93. The highest BCUT2D eigenvalue weighted by molar-refractivity contribution is 6.00. The Morgan fingerprint density at radius 3 is 2.68 bits per heavy atom. The summed E-state index contributed by atoms with van der Waals surface area (Å²) < 4.78 is 11.1. The number of aromatic nitrogens is 2. The fraction of sp³-hybridized carbons (Fsp3) is 0.231. The van der Waals surface area contributed by atoms with E-state index in [4.69, 9.17) is 9.15 Å². The highest BCUT2D eigenvalue weighted by atomic mass is 16.5. The number of ether oxygens (including phenoxy) is 1. The molecule has 0 spiro atoms. The van der Waals surface area contributed by atoms with Gasteiger partial charge in [0.05, 0.1) is 25.5 Å². The number of aromatic hydroxyl groups is 2. The van der Waals surface area contributed by atoms with E-state index in [-0.39, 0.29) is 24.0 Å². The summed E-state index contributed by atoms with van der Waals surface area (Å²) in [5.74, 6) is 0.857. The monoisotopic (exact) mass is 459 g/mol. The molecular formula is C26H25N3O5. The molecule has 174 valence electrons. The summed E-state index contributed by atoms with van der Waals surface area (Å²) in [5.41, 5.74) is 4.62. The Kier molecular flexibility index (Phi) is 5.28. The number of fused-ring (bicyclic) bond motifs is 1. The van der Waals surface area contributed by atoms with Gasteiger partial charge >= 0.3 is 0 Å². The zero-order chi connectivity index (χ0) is 24.0. The fourth-order valence-corrected chi connectivity index (χ4v) is 4.69. The quantitative estimate of drug-likeness (QED) is 0.380. The van der Waals surface area contributed by atoms with Crippen molar-refractivity contribution in [3.63, 3.8) is 0 Å². The molecule has 1 unspecified atom stereocenters. The molecule has 1 aliphatic rings. The number of phenols is 2. The number of H-pyrrole nitrogens is 1. The first kappa shape index (κ1) is 21.6. The lowest BCUT2D eigenvalue weighted by Gasteiger charge is -2.26. The zero-order valence-corrected chi connectivity index (χ0v) is 19.1. The average Bonchev–Trinajstić information content (AvgIpc) is 3.50. The number of phenolic OH excluding ortho intramolecular Hbond substituents is 2. The van der Waals surface area contributed by atoms with Gasteiger partial charge in [-0.2, -0.15) is 5.10 Å². The van der Waals surface area contributed by atoms with Crippen LogP contribution in [0.1, 0.15) is 51.5 Å². The molecule has 5 rings (SSSR count). The molecule has 2 aromatic heterocycles. The highest BCUT2D eigenvalue weighted by Crippen LogP contribution is 2.47. The highest BCUT2D eigenvalue weighted by Gasteiger charge is 2.43. The van der Waals surface area contributed by atoms with Crippen LogP contribution in [0.25, 0.3) is 11.3 Å². The molecule has 0 bridgehead atoms. The molecule has 0 saturated carbocycles. The van der Waals surface area contributed by atoms with Crippen molar-refractivity contribution in [3.05, 3.63) is 82.4 Å². The number of carbonyl (C=O) groups is 1. The number of aryl methyl sites for hydroxylation is 2. The molecule has 0 radical (unpaired) electrons. The van der Waals surface area contributed by atoms with Crippen molar-refractivity contribution in [2.75, 3.05) is 6.61 Å². The van der Waals surface area contributed by atoms with E-state index in [1.807, 2.05) is 32.9 Å². The molecule has 1 amide bonds. The van der Waals surface area contributed by atoms with Gasteiger partial charge < -0.3 is 24.3 Å². The number of nitrogens with one attached hydrogen (secondary N) is 1. The molecule has 0 saturated heterocycles. The Morgan fingerprint density at radius 2 is 1.97 bits per heavy atom. The summed E-state index contributed by atoms with van der Waals surface area (Å²) in [4.78, 5) is 15.2. The third-order valence-electron chi connectivity index (χ3n) is 6.07. The number of rotatable bonds is 6. The first-order chi connectivity index (χ1) is 16.4. The van der Waals surface area contributed by atoms with E-state index >= 15 is 0 Å². The minimum Gasteiger partial charge on any atom is -0.507 e. The smallest absolute Gasteiger partial charge is 0.273 e. The number of carbonyl (C=O) groups excluding carboxylic acids is 1. The van der Waals surface area contributed by atoms with Gasteiger partial charge in [0.2, 0.25) is 0 Å². The third kappa shape index (κ3) is 3.48. The SMILES string of the molecule is CCOc1cc(C2c3c(-c4c(C)cc(C)cc4O)n[nH]c3C(=O)N2Cc2ccco2)ccc1O. The van der Waals surface area contributed by atoms with Crippen LogP contribution in [0.4, 0.5) is 0 Å². The third-order valence-corrected chi connectivity index (χ3v) is 6.07. The van der Waals surface area contributed by atoms with E-state index < -0.39 is 6.04 Å². The molecule has 0 fully saturated rings. The molecule has 3 heterocycles. The molecule has 3 N–H and O–H groups in total. The molecule has 1 aliphatic heterocycles. The lowest BCUT2D eigenvalue weighted by molar-refractivity contribution is 0.0716. The zero-order valence-electron chi connectivity index (χ0n) is 19.1. The Balaban J connectivity index is 1.71. The van der Waals surface area contributed by atoms with Gasteiger partial charge in [-0.05, 0) is 67.8 Å². The fourth-order valence-electron chi connectivity index (χ4n) is 4.69. The Hall–Kier alpha value is -4.20. The van der Waals surface area contributed by atoms with Gasteiger partial charge in [-0.3, -0.25) is 9.89 Å². The van der Waals surface area contributed by atoms with E-state index in [2.05, 4.69) is 10.2 Å². The second kappa shape index (κ2) is 8.30. The van der Waals surface area contributed by atoms with Crippen LogP contribution in [0.15, 0.2) is 53.1 Å². The van der Waals surface area contributed by atoms with Crippen LogP contribution < -0.4 is 4.74 Å². The molecule has 34 heavy (non-hydrogen) atoms. The molecule has 8 heteroatoms. The summed E-state index contributed by atoms with van der Waals surface area (Å²) in [5, 5.41) is 28.4. The number of aromatic amines is 1. The summed E-state index contributed by atoms with van der Waals surface area (Å²) in [6, 6.07) is 11.8. The van der Waals surface area contributed by atoms with Crippen molar-refractivity contribution in [1.29, 1.82) is 0 Å². The number of furan rings is 1. The normalized spacial score (nSPS) is 15.1. The Morgan fingerprint density at radius 1 is 1.15 bits per heavy atom. The van der Waals surface area contributed by atoms with Gasteiger partial charge in [0.15, 0.2) is 11.5 Å². The maximum atomic E-state index is 13.5. The number of nitrogens with zero attached hydrogens (tertiary/aromatic N) is 2. The number of hydrogen-bond donors (Lipinski definition) is 3. The van der Waals surface area contributed by atoms with Crippen molar-refractivity contribution in [2.45, 2.75) is 33.4 Å². The van der Waals surface area contributed by atoms with Crippen molar-refractivity contribution in [2.24, 2.45) is 0 Å².